The van der Waals surface area contributed by atoms with E-state index in [2.05, 4.69) is 17.4 Å². The molecule has 4 heteroatoms. The minimum Gasteiger partial charge on any atom is -0.493 e. The Hall–Kier alpha value is -1.10. The molecule has 1 unspecified atom stereocenters. The third-order valence-electron chi connectivity index (χ3n) is 3.47. The number of benzene rings is 1. The molecule has 1 N–H and O–H groups in total. The Morgan fingerprint density at radius 1 is 1.25 bits per heavy atom. The Kier molecular flexibility index (Phi) is 6.84. The molecule has 1 aromatic rings. The van der Waals surface area contributed by atoms with Crippen LogP contribution in [0.4, 0.5) is 0 Å². The second kappa shape index (κ2) is 8.95. The highest BCUT2D eigenvalue weighted by molar-refractivity contribution is 5.27. The maximum atomic E-state index is 5.75. The van der Waals surface area contributed by atoms with Crippen molar-refractivity contribution in [3.63, 3.8) is 0 Å². The second-order valence-electron chi connectivity index (χ2n) is 5.09. The molecule has 0 radical (unpaired) electrons. The number of methoxy groups -OCH3 is 1. The van der Waals surface area contributed by atoms with E-state index in [0.717, 1.165) is 45.1 Å². The summed E-state index contributed by atoms with van der Waals surface area (Å²) in [6, 6.07) is 8.26. The van der Waals surface area contributed by atoms with E-state index in [1.54, 1.807) is 7.11 Å². The van der Waals surface area contributed by atoms with Crippen LogP contribution in [0.25, 0.3) is 0 Å². The van der Waals surface area contributed by atoms with Gasteiger partial charge in [-0.05, 0) is 30.5 Å². The lowest BCUT2D eigenvalue weighted by Crippen LogP contribution is -2.18. The molecule has 20 heavy (non-hydrogen) atoms. The summed E-state index contributed by atoms with van der Waals surface area (Å²) in [5.74, 6) is 0.934. The van der Waals surface area contributed by atoms with Crippen LogP contribution in [0.1, 0.15) is 24.8 Å². The molecular formula is C16H25NO3. The number of nitrogens with one attached hydrogen (secondary N) is 1. The number of ether oxygens (including phenoxy) is 3. The Balaban J connectivity index is 1.63. The Morgan fingerprint density at radius 2 is 2.10 bits per heavy atom. The topological polar surface area (TPSA) is 39.7 Å². The van der Waals surface area contributed by atoms with Gasteiger partial charge in [-0.25, -0.2) is 0 Å². The van der Waals surface area contributed by atoms with Gasteiger partial charge in [-0.15, -0.1) is 0 Å². The van der Waals surface area contributed by atoms with Gasteiger partial charge in [-0.2, -0.15) is 0 Å². The van der Waals surface area contributed by atoms with Crippen molar-refractivity contribution in [2.45, 2.75) is 31.9 Å². The minimum absolute atomic E-state index is 0.402. The predicted molar refractivity (Wildman–Crippen MR) is 79.1 cm³/mol. The van der Waals surface area contributed by atoms with E-state index in [1.807, 2.05) is 12.1 Å². The number of hydrogen-bond acceptors (Lipinski definition) is 4. The molecule has 1 fully saturated rings. The van der Waals surface area contributed by atoms with Crippen LogP contribution in [0.15, 0.2) is 24.3 Å². The van der Waals surface area contributed by atoms with Crippen LogP contribution in [0.3, 0.4) is 0 Å². The molecule has 1 heterocycles. The Bertz CT molecular complexity index is 360. The Labute approximate surface area is 121 Å². The van der Waals surface area contributed by atoms with Crippen molar-refractivity contribution < 1.29 is 14.2 Å². The van der Waals surface area contributed by atoms with E-state index in [4.69, 9.17) is 14.2 Å². The molecule has 1 saturated heterocycles. The van der Waals surface area contributed by atoms with Crippen LogP contribution in [-0.2, 0) is 16.0 Å². The molecule has 1 aliphatic rings. The predicted octanol–water partition coefficient (Wildman–Crippen LogP) is 2.37. The fraction of sp³-hybridized carbons (Fsp3) is 0.625. The number of hydrogen-bond donors (Lipinski definition) is 1. The van der Waals surface area contributed by atoms with Crippen molar-refractivity contribution in [1.29, 1.82) is 0 Å². The normalized spacial score (nSPS) is 18.4. The summed E-state index contributed by atoms with van der Waals surface area (Å²) in [5.41, 5.74) is 1.26. The summed E-state index contributed by atoms with van der Waals surface area (Å²) in [6.45, 7) is 4.12. The monoisotopic (exact) mass is 279 g/mol. The molecule has 0 bridgehead atoms. The highest BCUT2D eigenvalue weighted by Crippen LogP contribution is 2.17. The first kappa shape index (κ1) is 15.3. The first-order valence-corrected chi connectivity index (χ1v) is 7.41. The first-order chi connectivity index (χ1) is 9.88. The smallest absolute Gasteiger partial charge is 0.119 e. The lowest BCUT2D eigenvalue weighted by Gasteiger charge is -2.11. The lowest BCUT2D eigenvalue weighted by molar-refractivity contribution is 0.0903. The van der Waals surface area contributed by atoms with Crippen LogP contribution in [0.2, 0.25) is 0 Å². The third-order valence-corrected chi connectivity index (χ3v) is 3.47. The van der Waals surface area contributed by atoms with Crippen LogP contribution in [0, 0.1) is 0 Å². The van der Waals surface area contributed by atoms with Gasteiger partial charge in [0.2, 0.25) is 0 Å². The fourth-order valence-corrected chi connectivity index (χ4v) is 2.29. The van der Waals surface area contributed by atoms with Crippen LogP contribution >= 0.6 is 0 Å². The molecule has 1 atom stereocenters. The van der Waals surface area contributed by atoms with Gasteiger partial charge in [0.05, 0.1) is 19.3 Å². The standard InChI is InChI=1S/C16H25NO3/c1-18-12-9-17-13-14-4-6-16(7-5-14)20-11-8-15-3-2-10-19-15/h4-7,15,17H,2-3,8-13H2,1H3. The molecular weight excluding hydrogens is 254 g/mol. The molecule has 0 spiro atoms. The molecule has 1 aromatic carbocycles. The van der Waals surface area contributed by atoms with E-state index in [0.29, 0.717) is 6.10 Å². The fourth-order valence-electron chi connectivity index (χ4n) is 2.29. The zero-order chi connectivity index (χ0) is 14.0. The molecule has 0 aromatic heterocycles. The molecule has 4 nitrogen and oxygen atoms in total. The van der Waals surface area contributed by atoms with Gasteiger partial charge in [0.25, 0.3) is 0 Å². The maximum Gasteiger partial charge on any atom is 0.119 e. The third kappa shape index (κ3) is 5.49. The largest absolute Gasteiger partial charge is 0.493 e. The zero-order valence-corrected chi connectivity index (χ0v) is 12.3. The van der Waals surface area contributed by atoms with Gasteiger partial charge in [0.1, 0.15) is 5.75 Å². The highest BCUT2D eigenvalue weighted by atomic mass is 16.5. The van der Waals surface area contributed by atoms with Crippen molar-refractivity contribution in [2.24, 2.45) is 0 Å². The number of rotatable bonds is 9. The van der Waals surface area contributed by atoms with Gasteiger partial charge in [0.15, 0.2) is 0 Å². The lowest BCUT2D eigenvalue weighted by atomic mass is 10.2. The molecule has 0 aliphatic carbocycles. The van der Waals surface area contributed by atoms with E-state index in [1.165, 1.54) is 18.4 Å². The summed E-state index contributed by atoms with van der Waals surface area (Å²) in [4.78, 5) is 0. The average molecular weight is 279 g/mol. The van der Waals surface area contributed by atoms with E-state index < -0.39 is 0 Å². The summed E-state index contributed by atoms with van der Waals surface area (Å²) < 4.78 is 16.3. The average Bonchev–Trinajstić information content (AvgIpc) is 2.98. The molecule has 1 aliphatic heterocycles. The van der Waals surface area contributed by atoms with Crippen LogP contribution in [0.5, 0.6) is 5.75 Å². The SMILES string of the molecule is COCCNCc1ccc(OCCC2CCCO2)cc1. The van der Waals surface area contributed by atoms with E-state index in [-0.39, 0.29) is 0 Å². The van der Waals surface area contributed by atoms with Crippen molar-refractivity contribution in [2.75, 3.05) is 33.5 Å². The summed E-state index contributed by atoms with van der Waals surface area (Å²) >= 11 is 0. The summed E-state index contributed by atoms with van der Waals surface area (Å²) in [7, 11) is 1.71. The van der Waals surface area contributed by atoms with Crippen molar-refractivity contribution in [3.8, 4) is 5.75 Å². The summed E-state index contributed by atoms with van der Waals surface area (Å²) in [5, 5.41) is 3.32. The molecule has 112 valence electrons. The van der Waals surface area contributed by atoms with E-state index >= 15 is 0 Å². The Morgan fingerprint density at radius 3 is 2.80 bits per heavy atom. The first-order valence-electron chi connectivity index (χ1n) is 7.41. The van der Waals surface area contributed by atoms with Gasteiger partial charge in [0, 0.05) is 33.2 Å². The van der Waals surface area contributed by atoms with Gasteiger partial charge >= 0.3 is 0 Å². The van der Waals surface area contributed by atoms with Crippen LogP contribution in [-0.4, -0.2) is 39.6 Å². The summed E-state index contributed by atoms with van der Waals surface area (Å²) in [6.07, 6.45) is 3.75. The quantitative estimate of drug-likeness (QED) is 0.705. The van der Waals surface area contributed by atoms with Crippen LogP contribution < -0.4 is 10.1 Å². The van der Waals surface area contributed by atoms with E-state index in [9.17, 15) is 0 Å². The highest BCUT2D eigenvalue weighted by Gasteiger charge is 2.14. The zero-order valence-electron chi connectivity index (χ0n) is 12.3. The van der Waals surface area contributed by atoms with Gasteiger partial charge < -0.3 is 19.5 Å². The van der Waals surface area contributed by atoms with Gasteiger partial charge in [-0.1, -0.05) is 12.1 Å². The van der Waals surface area contributed by atoms with Crippen molar-refractivity contribution in [3.05, 3.63) is 29.8 Å². The van der Waals surface area contributed by atoms with Crippen molar-refractivity contribution in [1.82, 2.24) is 5.32 Å². The van der Waals surface area contributed by atoms with Crippen molar-refractivity contribution >= 4 is 0 Å². The maximum absolute atomic E-state index is 5.75. The van der Waals surface area contributed by atoms with Gasteiger partial charge in [-0.3, -0.25) is 0 Å². The second-order valence-corrected chi connectivity index (χ2v) is 5.09. The molecule has 0 amide bonds. The molecule has 0 saturated carbocycles. The minimum atomic E-state index is 0.402. The molecule has 2 rings (SSSR count).